The highest BCUT2D eigenvalue weighted by Crippen LogP contribution is 2.16. The smallest absolute Gasteiger partial charge is 0.224 e. The largest absolute Gasteiger partial charge is 0.497 e. The second-order valence-electron chi connectivity index (χ2n) is 5.69. The summed E-state index contributed by atoms with van der Waals surface area (Å²) in [7, 11) is 1.57. The van der Waals surface area contributed by atoms with Crippen molar-refractivity contribution in [2.45, 2.75) is 19.8 Å². The fourth-order valence-corrected chi connectivity index (χ4v) is 2.35. The van der Waals surface area contributed by atoms with Crippen LogP contribution in [0.25, 0.3) is 0 Å². The lowest BCUT2D eigenvalue weighted by Gasteiger charge is -2.10. The highest BCUT2D eigenvalue weighted by Gasteiger charge is 2.22. The van der Waals surface area contributed by atoms with Crippen molar-refractivity contribution in [1.82, 2.24) is 0 Å². The molecule has 5 nitrogen and oxygen atoms in total. The number of ether oxygens (including phenoxy) is 1. The Kier molecular flexibility index (Phi) is 6.46. The summed E-state index contributed by atoms with van der Waals surface area (Å²) < 4.78 is 5.05. The van der Waals surface area contributed by atoms with Crippen LogP contribution in [-0.4, -0.2) is 24.6 Å². The van der Waals surface area contributed by atoms with Crippen LogP contribution in [0.5, 0.6) is 5.75 Å². The zero-order chi connectivity index (χ0) is 18.2. The van der Waals surface area contributed by atoms with E-state index in [2.05, 4.69) is 5.32 Å². The summed E-state index contributed by atoms with van der Waals surface area (Å²) >= 11 is 0. The first-order valence-corrected chi connectivity index (χ1v) is 8.07. The van der Waals surface area contributed by atoms with Crippen molar-refractivity contribution >= 4 is 23.2 Å². The first-order chi connectivity index (χ1) is 12.0. The van der Waals surface area contributed by atoms with E-state index in [0.717, 1.165) is 0 Å². The number of Topliss-reactive ketones (excluding diaryl/α,β-unsaturated/α-hetero) is 2. The maximum Gasteiger partial charge on any atom is 0.224 e. The number of benzene rings is 2. The molecule has 25 heavy (non-hydrogen) atoms. The van der Waals surface area contributed by atoms with Crippen molar-refractivity contribution in [3.63, 3.8) is 0 Å². The summed E-state index contributed by atoms with van der Waals surface area (Å²) in [5.74, 6) is -0.782. The van der Waals surface area contributed by atoms with Crippen molar-refractivity contribution < 1.29 is 19.1 Å². The number of carbonyl (C=O) groups is 3. The van der Waals surface area contributed by atoms with Crippen molar-refractivity contribution in [3.05, 3.63) is 60.2 Å². The number of amides is 1. The van der Waals surface area contributed by atoms with Crippen molar-refractivity contribution in [1.29, 1.82) is 0 Å². The molecule has 0 radical (unpaired) electrons. The van der Waals surface area contributed by atoms with Gasteiger partial charge in [0, 0.05) is 24.1 Å². The number of rotatable bonds is 8. The molecule has 0 spiro atoms. The Morgan fingerprint density at radius 1 is 0.960 bits per heavy atom. The Hall–Kier alpha value is -2.95. The van der Waals surface area contributed by atoms with Crippen LogP contribution in [-0.2, 0) is 9.59 Å². The van der Waals surface area contributed by atoms with E-state index < -0.39 is 5.92 Å². The monoisotopic (exact) mass is 339 g/mol. The molecule has 0 saturated carbocycles. The van der Waals surface area contributed by atoms with E-state index in [1.165, 1.54) is 0 Å². The molecule has 5 heteroatoms. The quantitative estimate of drug-likeness (QED) is 0.590. The number of methoxy groups -OCH3 is 1. The van der Waals surface area contributed by atoms with Gasteiger partial charge in [0.25, 0.3) is 0 Å². The predicted molar refractivity (Wildman–Crippen MR) is 95.8 cm³/mol. The minimum Gasteiger partial charge on any atom is -0.497 e. The van der Waals surface area contributed by atoms with Crippen molar-refractivity contribution in [2.24, 2.45) is 5.92 Å². The van der Waals surface area contributed by atoms with Crippen LogP contribution in [0, 0.1) is 5.92 Å². The molecule has 130 valence electrons. The molecule has 0 aliphatic rings. The van der Waals surface area contributed by atoms with Crippen molar-refractivity contribution in [2.75, 3.05) is 12.4 Å². The zero-order valence-electron chi connectivity index (χ0n) is 14.3. The van der Waals surface area contributed by atoms with Crippen LogP contribution in [0.3, 0.4) is 0 Å². The molecule has 2 rings (SSSR count). The van der Waals surface area contributed by atoms with Gasteiger partial charge in [-0.15, -0.1) is 0 Å². The third kappa shape index (κ3) is 5.28. The number of nitrogens with one attached hydrogen (secondary N) is 1. The number of hydrogen-bond acceptors (Lipinski definition) is 4. The Balaban J connectivity index is 1.83. The van der Waals surface area contributed by atoms with Gasteiger partial charge in [-0.2, -0.15) is 0 Å². The van der Waals surface area contributed by atoms with Crippen LogP contribution >= 0.6 is 0 Å². The summed E-state index contributed by atoms with van der Waals surface area (Å²) in [6, 6.07) is 15.6. The van der Waals surface area contributed by atoms with Crippen LogP contribution < -0.4 is 10.1 Å². The van der Waals surface area contributed by atoms with E-state index in [-0.39, 0.29) is 30.3 Å². The van der Waals surface area contributed by atoms with E-state index >= 15 is 0 Å². The molecule has 0 aromatic heterocycles. The van der Waals surface area contributed by atoms with Gasteiger partial charge in [-0.3, -0.25) is 14.4 Å². The lowest BCUT2D eigenvalue weighted by atomic mass is 9.93. The van der Waals surface area contributed by atoms with Gasteiger partial charge in [0.2, 0.25) is 5.91 Å². The molecule has 0 aliphatic carbocycles. The summed E-state index contributed by atoms with van der Waals surface area (Å²) in [5.41, 5.74) is 1.14. The van der Waals surface area contributed by atoms with Crippen LogP contribution in [0.4, 0.5) is 5.69 Å². The topological polar surface area (TPSA) is 72.5 Å². The highest BCUT2D eigenvalue weighted by molar-refractivity contribution is 6.10. The SMILES string of the molecule is COc1ccc(NC(=O)CCC(=O)C(C)C(=O)c2ccccc2)cc1. The zero-order valence-corrected chi connectivity index (χ0v) is 14.3. The average molecular weight is 339 g/mol. The minimum atomic E-state index is -0.754. The summed E-state index contributed by atoms with van der Waals surface area (Å²) in [5, 5.41) is 2.72. The molecular formula is C20H21NO4. The molecule has 1 unspecified atom stereocenters. The normalized spacial score (nSPS) is 11.4. The molecule has 2 aromatic carbocycles. The Bertz CT molecular complexity index is 738. The fraction of sp³-hybridized carbons (Fsp3) is 0.250. The minimum absolute atomic E-state index is 0.0295. The molecule has 0 fully saturated rings. The van der Waals surface area contributed by atoms with Crippen LogP contribution in [0.2, 0.25) is 0 Å². The van der Waals surface area contributed by atoms with Gasteiger partial charge in [-0.05, 0) is 31.2 Å². The Labute approximate surface area is 147 Å². The van der Waals surface area contributed by atoms with Gasteiger partial charge < -0.3 is 10.1 Å². The summed E-state index contributed by atoms with van der Waals surface area (Å²) in [6.07, 6.45) is 0.0685. The third-order valence-electron chi connectivity index (χ3n) is 3.91. The fourth-order valence-electron chi connectivity index (χ4n) is 2.35. The first kappa shape index (κ1) is 18.4. The average Bonchev–Trinajstić information content (AvgIpc) is 2.66. The summed E-state index contributed by atoms with van der Waals surface area (Å²) in [4.78, 5) is 36.4. The van der Waals surface area contributed by atoms with Crippen LogP contribution in [0.15, 0.2) is 54.6 Å². The second kappa shape index (κ2) is 8.78. The number of anilines is 1. The molecular weight excluding hydrogens is 318 g/mol. The predicted octanol–water partition coefficient (Wildman–Crippen LogP) is 3.50. The number of carbonyl (C=O) groups excluding carboxylic acids is 3. The van der Waals surface area contributed by atoms with Crippen molar-refractivity contribution in [3.8, 4) is 5.75 Å². The Morgan fingerprint density at radius 2 is 1.60 bits per heavy atom. The highest BCUT2D eigenvalue weighted by atomic mass is 16.5. The molecule has 0 aliphatic heterocycles. The molecule has 0 saturated heterocycles. The molecule has 0 bridgehead atoms. The standard InChI is InChI=1S/C20H21NO4/c1-14(20(24)15-6-4-3-5-7-15)18(22)12-13-19(23)21-16-8-10-17(25-2)11-9-16/h3-11,14H,12-13H2,1-2H3,(H,21,23). The lowest BCUT2D eigenvalue weighted by Crippen LogP contribution is -2.23. The van der Waals surface area contributed by atoms with E-state index in [1.807, 2.05) is 6.07 Å². The van der Waals surface area contributed by atoms with Gasteiger partial charge >= 0.3 is 0 Å². The van der Waals surface area contributed by atoms with E-state index in [0.29, 0.717) is 17.0 Å². The summed E-state index contributed by atoms with van der Waals surface area (Å²) in [6.45, 7) is 1.58. The van der Waals surface area contributed by atoms with Gasteiger partial charge in [-0.1, -0.05) is 30.3 Å². The van der Waals surface area contributed by atoms with E-state index in [9.17, 15) is 14.4 Å². The molecule has 1 atom stereocenters. The number of hydrogen-bond donors (Lipinski definition) is 1. The third-order valence-corrected chi connectivity index (χ3v) is 3.91. The second-order valence-corrected chi connectivity index (χ2v) is 5.69. The Morgan fingerprint density at radius 3 is 2.20 bits per heavy atom. The van der Waals surface area contributed by atoms with Gasteiger partial charge in [0.05, 0.1) is 13.0 Å². The van der Waals surface area contributed by atoms with E-state index in [4.69, 9.17) is 4.74 Å². The molecule has 0 heterocycles. The van der Waals surface area contributed by atoms with E-state index in [1.54, 1.807) is 62.6 Å². The molecule has 2 aromatic rings. The van der Waals surface area contributed by atoms with Gasteiger partial charge in [-0.25, -0.2) is 0 Å². The number of ketones is 2. The molecule has 1 amide bonds. The molecule has 1 N–H and O–H groups in total. The first-order valence-electron chi connectivity index (χ1n) is 8.07. The maximum absolute atomic E-state index is 12.2. The van der Waals surface area contributed by atoms with Gasteiger partial charge in [0.15, 0.2) is 5.78 Å². The van der Waals surface area contributed by atoms with Crippen LogP contribution in [0.1, 0.15) is 30.1 Å². The maximum atomic E-state index is 12.2. The lowest BCUT2D eigenvalue weighted by molar-refractivity contribution is -0.124. The van der Waals surface area contributed by atoms with Gasteiger partial charge in [0.1, 0.15) is 11.5 Å².